The second-order valence-corrected chi connectivity index (χ2v) is 2.54. The Kier molecular flexibility index (Phi) is 2.55. The van der Waals surface area contributed by atoms with Crippen LogP contribution in [0.1, 0.15) is 0 Å². The van der Waals surface area contributed by atoms with E-state index in [1.807, 2.05) is 0 Å². The molecule has 0 rings (SSSR count). The summed E-state index contributed by atoms with van der Waals surface area (Å²) in [5.41, 5.74) is 0. The van der Waals surface area contributed by atoms with Gasteiger partial charge in [-0.15, -0.1) is 0 Å². The third kappa shape index (κ3) is 4.27. The lowest BCUT2D eigenvalue weighted by molar-refractivity contribution is 0.320. The van der Waals surface area contributed by atoms with E-state index >= 15 is 0 Å². The van der Waals surface area contributed by atoms with Crippen molar-refractivity contribution in [2.24, 2.45) is 0 Å². The molecule has 1 N–H and O–H groups in total. The predicted molar refractivity (Wildman–Crippen MR) is 26.0 cm³/mol. The van der Waals surface area contributed by atoms with Crippen LogP contribution in [0.15, 0.2) is 0 Å². The van der Waals surface area contributed by atoms with E-state index in [1.165, 1.54) is 0 Å². The van der Waals surface area contributed by atoms with Gasteiger partial charge in [0.1, 0.15) is 5.75 Å². The third-order valence-corrected chi connectivity index (χ3v) is 1.11. The number of aliphatic hydroxyl groups excluding tert-OH is 1. The van der Waals surface area contributed by atoms with Crippen molar-refractivity contribution < 1.29 is 9.66 Å². The van der Waals surface area contributed by atoms with Crippen molar-refractivity contribution in [3.63, 3.8) is 0 Å². The molecule has 0 heterocycles. The van der Waals surface area contributed by atoms with Crippen LogP contribution < -0.4 is 0 Å². The number of hydrogen-bond donors (Lipinski definition) is 1. The van der Waals surface area contributed by atoms with Crippen molar-refractivity contribution >= 4 is 11.2 Å². The molecule has 0 aliphatic carbocycles. The summed E-state index contributed by atoms with van der Waals surface area (Å²) in [7, 11) is 0. The lowest BCUT2D eigenvalue weighted by Crippen LogP contribution is -2.05. The van der Waals surface area contributed by atoms with Gasteiger partial charge in [-0.2, -0.15) is 0 Å². The van der Waals surface area contributed by atoms with Crippen LogP contribution in [0.3, 0.4) is 0 Å². The maximum absolute atomic E-state index is 10.2. The van der Waals surface area contributed by atoms with Crippen LogP contribution in [0.2, 0.25) is 0 Å². The number of aliphatic hydroxyl groups is 1. The van der Waals surface area contributed by atoms with E-state index in [2.05, 4.69) is 5.11 Å². The molecule has 6 heavy (non-hydrogen) atoms. The first-order valence-corrected chi connectivity index (χ1v) is 3.38. The summed E-state index contributed by atoms with van der Waals surface area (Å²) in [6.45, 7) is 0.267. The van der Waals surface area contributed by atoms with Gasteiger partial charge in [-0.1, -0.05) is 11.2 Å². The standard InChI is InChI=1S/C3H8O2S/c1-6(5)3-2-4/h4H,2-3H2,1H3/i4D. The number of rotatable bonds is 3. The zero-order chi connectivity index (χ0) is 5.70. The molecule has 0 radical (unpaired) electrons. The van der Waals surface area contributed by atoms with Crippen LogP contribution in [-0.2, 0) is 11.2 Å². The average Bonchev–Trinajstić information content (AvgIpc) is 1.61. The highest BCUT2D eigenvalue weighted by Gasteiger charge is 1.89. The fraction of sp³-hybridized carbons (Fsp3) is 1.00. The molecule has 38 valence electrons. The summed E-state index contributed by atoms with van der Waals surface area (Å²) >= 11 is -0.810. The molecule has 0 aliphatic heterocycles. The van der Waals surface area contributed by atoms with E-state index in [-0.39, 0.29) is 6.61 Å². The minimum atomic E-state index is -0.810. The lowest BCUT2D eigenvalue weighted by atomic mass is 10.9. The third-order valence-electron chi connectivity index (χ3n) is 0.371. The second kappa shape index (κ2) is 3.46. The molecular weight excluding hydrogens is 100 g/mol. The molecular formula is C3H8O2S. The normalized spacial score (nSPS) is 16.7. The van der Waals surface area contributed by atoms with E-state index < -0.39 is 11.2 Å². The summed E-state index contributed by atoms with van der Waals surface area (Å²) in [6, 6.07) is 0. The minimum Gasteiger partial charge on any atom is -0.616 e. The number of hydrogen-bond acceptors (Lipinski definition) is 2. The van der Waals surface area contributed by atoms with Gasteiger partial charge in [0.15, 0.2) is 0 Å². The molecule has 0 fully saturated rings. The maximum Gasteiger partial charge on any atom is 0.210 e. The first-order chi connectivity index (χ1) is 3.27. The Morgan fingerprint density at radius 2 is 2.83 bits per heavy atom. The second-order valence-electron chi connectivity index (χ2n) is 0.981. The monoisotopic (exact) mass is 109 g/mol. The molecule has 0 saturated heterocycles. The van der Waals surface area contributed by atoms with Gasteiger partial charge >= 0.3 is 0 Å². The van der Waals surface area contributed by atoms with Crippen LogP contribution >= 0.6 is 0 Å². The molecule has 0 amide bonds. The molecule has 2 nitrogen and oxygen atoms in total. The fourth-order valence-corrected chi connectivity index (χ4v) is 0.352. The van der Waals surface area contributed by atoms with Crippen LogP contribution in [0.25, 0.3) is 0 Å². The molecule has 0 aromatic carbocycles. The molecule has 0 aromatic heterocycles. The van der Waals surface area contributed by atoms with Crippen molar-refractivity contribution in [2.45, 2.75) is 0 Å². The van der Waals surface area contributed by atoms with Crippen LogP contribution in [-0.4, -0.2) is 29.7 Å². The summed E-state index contributed by atoms with van der Waals surface area (Å²) in [5, 5.41) is 3.91. The summed E-state index contributed by atoms with van der Waals surface area (Å²) in [6.07, 6.45) is 1.58. The van der Waals surface area contributed by atoms with Crippen molar-refractivity contribution in [3.8, 4) is 0 Å². The SMILES string of the molecule is [2H]OCC[S+](C)[O-]. The van der Waals surface area contributed by atoms with Gasteiger partial charge in [0, 0.05) is 0 Å². The van der Waals surface area contributed by atoms with Crippen LogP contribution in [0.5, 0.6) is 0 Å². The largest absolute Gasteiger partial charge is 0.616 e. The van der Waals surface area contributed by atoms with Gasteiger partial charge < -0.3 is 9.66 Å². The Hall–Kier alpha value is 0.270. The highest BCUT2D eigenvalue weighted by molar-refractivity contribution is 7.90. The van der Waals surface area contributed by atoms with E-state index in [9.17, 15) is 4.55 Å². The molecule has 0 aliphatic rings. The van der Waals surface area contributed by atoms with Gasteiger partial charge in [-0.3, -0.25) is 0 Å². The van der Waals surface area contributed by atoms with Crippen molar-refractivity contribution in [3.05, 3.63) is 0 Å². The molecule has 0 saturated carbocycles. The maximum atomic E-state index is 10.2. The van der Waals surface area contributed by atoms with E-state index in [1.54, 1.807) is 6.26 Å². The van der Waals surface area contributed by atoms with E-state index in [4.69, 9.17) is 1.43 Å². The van der Waals surface area contributed by atoms with Crippen LogP contribution in [0.4, 0.5) is 0 Å². The minimum absolute atomic E-state index is 0.267. The average molecular weight is 109 g/mol. The molecule has 1 atom stereocenters. The first kappa shape index (κ1) is 4.43. The summed E-state index contributed by atoms with van der Waals surface area (Å²) in [5.74, 6) is 0.462. The molecule has 3 heteroatoms. The molecule has 1 unspecified atom stereocenters. The lowest BCUT2D eigenvalue weighted by Gasteiger charge is -1.98. The molecule has 0 aromatic rings. The molecule has 0 spiro atoms. The van der Waals surface area contributed by atoms with Crippen molar-refractivity contribution in [2.75, 3.05) is 18.6 Å². The Labute approximate surface area is 41.8 Å². The smallest absolute Gasteiger partial charge is 0.210 e. The fourth-order valence-electron chi connectivity index (χ4n) is 0.117. The highest BCUT2D eigenvalue weighted by Crippen LogP contribution is 1.76. The van der Waals surface area contributed by atoms with Crippen molar-refractivity contribution in [1.29, 1.82) is 1.43 Å². The van der Waals surface area contributed by atoms with E-state index in [0.717, 1.165) is 0 Å². The summed E-state index contributed by atoms with van der Waals surface area (Å²) in [4.78, 5) is 0. The Bertz CT molecular complexity index is 41.9. The van der Waals surface area contributed by atoms with Crippen molar-refractivity contribution in [1.82, 2.24) is 0 Å². The van der Waals surface area contributed by atoms with Crippen LogP contribution in [0, 0.1) is 0 Å². The molecule has 0 bridgehead atoms. The zero-order valence-corrected chi connectivity index (χ0v) is 4.46. The predicted octanol–water partition coefficient (Wildman–Crippen LogP) is -0.643. The van der Waals surface area contributed by atoms with Gasteiger partial charge in [-0.05, 0) is 0 Å². The van der Waals surface area contributed by atoms with Gasteiger partial charge in [0.25, 0.3) is 0 Å². The van der Waals surface area contributed by atoms with E-state index in [0.29, 0.717) is 5.75 Å². The Morgan fingerprint density at radius 3 is 3.00 bits per heavy atom. The zero-order valence-electron chi connectivity index (χ0n) is 4.64. The highest BCUT2D eigenvalue weighted by atomic mass is 32.2. The Balaban J connectivity index is 2.68. The first-order valence-electron chi connectivity index (χ1n) is 2.06. The topological polar surface area (TPSA) is 43.3 Å². The quantitative estimate of drug-likeness (QED) is 0.490. The van der Waals surface area contributed by atoms with Gasteiger partial charge in [0.2, 0.25) is 1.43 Å². The Morgan fingerprint density at radius 1 is 2.17 bits per heavy atom. The summed E-state index contributed by atoms with van der Waals surface area (Å²) < 4.78 is 16.3. The van der Waals surface area contributed by atoms with Gasteiger partial charge in [-0.25, -0.2) is 0 Å². The van der Waals surface area contributed by atoms with Gasteiger partial charge in [0.05, 0.1) is 12.9 Å².